The zero-order chi connectivity index (χ0) is 14.3. The molecule has 1 aromatic carbocycles. The molecule has 5 nitrogen and oxygen atoms in total. The van der Waals surface area contributed by atoms with Crippen molar-refractivity contribution in [2.75, 3.05) is 12.1 Å². The van der Waals surface area contributed by atoms with Gasteiger partial charge in [0.2, 0.25) is 11.2 Å². The van der Waals surface area contributed by atoms with Gasteiger partial charge in [-0.05, 0) is 37.6 Å². The third-order valence-electron chi connectivity index (χ3n) is 3.03. The molecule has 0 fully saturated rings. The number of ether oxygens (including phenoxy) is 1. The fraction of sp³-hybridized carbons (Fsp3) is 0.214. The van der Waals surface area contributed by atoms with E-state index in [2.05, 4.69) is 15.1 Å². The number of hydrogen-bond acceptors (Lipinski definition) is 5. The van der Waals surface area contributed by atoms with Crippen LogP contribution >= 0.6 is 11.6 Å². The minimum absolute atomic E-state index is 0.186. The summed E-state index contributed by atoms with van der Waals surface area (Å²) >= 11 is 5.87. The van der Waals surface area contributed by atoms with Crippen molar-refractivity contribution < 1.29 is 4.74 Å². The summed E-state index contributed by atoms with van der Waals surface area (Å²) in [5, 5.41) is 6.22. The number of aromatic nitrogens is 2. The molecule has 0 spiro atoms. The van der Waals surface area contributed by atoms with Crippen LogP contribution in [-0.4, -0.2) is 22.9 Å². The fourth-order valence-electron chi connectivity index (χ4n) is 1.97. The van der Waals surface area contributed by atoms with Gasteiger partial charge in [0.15, 0.2) is 11.6 Å². The van der Waals surface area contributed by atoms with E-state index in [-0.39, 0.29) is 5.28 Å². The minimum atomic E-state index is 0.186. The van der Waals surface area contributed by atoms with Crippen LogP contribution in [0.15, 0.2) is 29.4 Å². The Morgan fingerprint density at radius 2 is 1.80 bits per heavy atom. The second-order valence-corrected chi connectivity index (χ2v) is 4.97. The maximum atomic E-state index is 5.87. The van der Waals surface area contributed by atoms with Crippen LogP contribution in [0.25, 0.3) is 0 Å². The van der Waals surface area contributed by atoms with E-state index in [4.69, 9.17) is 16.3 Å². The molecule has 2 heterocycles. The number of fused-ring (bicyclic) bond motifs is 1. The second-order valence-electron chi connectivity index (χ2n) is 4.63. The molecule has 0 unspecified atom stereocenters. The van der Waals surface area contributed by atoms with E-state index in [1.807, 2.05) is 38.1 Å². The molecule has 1 aliphatic heterocycles. The average molecular weight is 289 g/mol. The molecular formula is C14H13ClN4O. The largest absolute Gasteiger partial charge is 0.431 e. The SMILES string of the molecule is Cc1ccc(C2=NN(C)c3nc(Cl)nc(C)c3O2)cc1. The van der Waals surface area contributed by atoms with E-state index in [1.165, 1.54) is 5.56 Å². The van der Waals surface area contributed by atoms with Crippen molar-refractivity contribution in [1.29, 1.82) is 0 Å². The highest BCUT2D eigenvalue weighted by Crippen LogP contribution is 2.33. The molecule has 0 saturated heterocycles. The first-order valence-electron chi connectivity index (χ1n) is 6.16. The second kappa shape index (κ2) is 4.76. The van der Waals surface area contributed by atoms with Gasteiger partial charge in [0.1, 0.15) is 0 Å². The first-order chi connectivity index (χ1) is 9.54. The Balaban J connectivity index is 2.04. The lowest BCUT2D eigenvalue weighted by molar-refractivity contribution is 0.519. The molecular weight excluding hydrogens is 276 g/mol. The van der Waals surface area contributed by atoms with Gasteiger partial charge in [-0.15, -0.1) is 5.10 Å². The first-order valence-corrected chi connectivity index (χ1v) is 6.54. The summed E-state index contributed by atoms with van der Waals surface area (Å²) in [5.41, 5.74) is 2.78. The van der Waals surface area contributed by atoms with Gasteiger partial charge < -0.3 is 4.74 Å². The van der Waals surface area contributed by atoms with E-state index < -0.39 is 0 Å². The van der Waals surface area contributed by atoms with E-state index in [1.54, 1.807) is 12.1 Å². The summed E-state index contributed by atoms with van der Waals surface area (Å²) < 4.78 is 5.84. The average Bonchev–Trinajstić information content (AvgIpc) is 2.40. The van der Waals surface area contributed by atoms with Crippen molar-refractivity contribution in [3.8, 4) is 5.75 Å². The summed E-state index contributed by atoms with van der Waals surface area (Å²) in [6, 6.07) is 7.97. The Kier molecular flexibility index (Phi) is 3.06. The molecule has 6 heteroatoms. The van der Waals surface area contributed by atoms with Gasteiger partial charge in [0, 0.05) is 12.6 Å². The molecule has 20 heavy (non-hydrogen) atoms. The number of aryl methyl sites for hydroxylation is 2. The Morgan fingerprint density at radius 1 is 1.10 bits per heavy atom. The molecule has 0 saturated carbocycles. The van der Waals surface area contributed by atoms with Gasteiger partial charge in [0.25, 0.3) is 0 Å². The van der Waals surface area contributed by atoms with Crippen molar-refractivity contribution in [1.82, 2.24) is 9.97 Å². The molecule has 2 aromatic rings. The van der Waals surface area contributed by atoms with Crippen LogP contribution in [0.4, 0.5) is 5.82 Å². The van der Waals surface area contributed by atoms with Crippen LogP contribution in [0.3, 0.4) is 0 Å². The van der Waals surface area contributed by atoms with Crippen LogP contribution in [-0.2, 0) is 0 Å². The molecule has 102 valence electrons. The molecule has 0 atom stereocenters. The van der Waals surface area contributed by atoms with Gasteiger partial charge in [0.05, 0.1) is 5.69 Å². The summed E-state index contributed by atoms with van der Waals surface area (Å²) in [5.74, 6) is 1.68. The quantitative estimate of drug-likeness (QED) is 0.757. The number of nitrogens with zero attached hydrogens (tertiary/aromatic N) is 4. The van der Waals surface area contributed by atoms with Crippen LogP contribution < -0.4 is 9.75 Å². The first kappa shape index (κ1) is 12.9. The highest BCUT2D eigenvalue weighted by Gasteiger charge is 2.24. The third-order valence-corrected chi connectivity index (χ3v) is 3.20. The number of anilines is 1. The van der Waals surface area contributed by atoms with Gasteiger partial charge in [-0.2, -0.15) is 4.98 Å². The number of rotatable bonds is 1. The molecule has 0 N–H and O–H groups in total. The number of hydrogen-bond donors (Lipinski definition) is 0. The van der Waals surface area contributed by atoms with Crippen molar-refractivity contribution >= 4 is 23.3 Å². The topological polar surface area (TPSA) is 50.6 Å². The summed E-state index contributed by atoms with van der Waals surface area (Å²) in [7, 11) is 1.80. The Bertz CT molecular complexity index is 697. The monoisotopic (exact) mass is 288 g/mol. The number of hydrazone groups is 1. The minimum Gasteiger partial charge on any atom is -0.431 e. The maximum Gasteiger partial charge on any atom is 0.244 e. The van der Waals surface area contributed by atoms with E-state index in [0.717, 1.165) is 5.56 Å². The third kappa shape index (κ3) is 2.20. The van der Waals surface area contributed by atoms with Gasteiger partial charge in [-0.3, -0.25) is 0 Å². The fourth-order valence-corrected chi connectivity index (χ4v) is 2.17. The van der Waals surface area contributed by atoms with Crippen molar-refractivity contribution in [3.63, 3.8) is 0 Å². The molecule has 0 amide bonds. The van der Waals surface area contributed by atoms with E-state index in [9.17, 15) is 0 Å². The molecule has 1 aliphatic rings. The lowest BCUT2D eigenvalue weighted by Crippen LogP contribution is -2.26. The van der Waals surface area contributed by atoms with Crippen LogP contribution in [0.5, 0.6) is 5.75 Å². The van der Waals surface area contributed by atoms with Gasteiger partial charge >= 0.3 is 0 Å². The molecule has 3 rings (SSSR count). The highest BCUT2D eigenvalue weighted by atomic mass is 35.5. The molecule has 0 radical (unpaired) electrons. The predicted octanol–water partition coefficient (Wildman–Crippen LogP) is 2.94. The van der Waals surface area contributed by atoms with Gasteiger partial charge in [-0.25, -0.2) is 9.99 Å². The van der Waals surface area contributed by atoms with E-state index >= 15 is 0 Å². The van der Waals surface area contributed by atoms with Crippen LogP contribution in [0.2, 0.25) is 5.28 Å². The Hall–Kier alpha value is -2.14. The van der Waals surface area contributed by atoms with Crippen molar-refractivity contribution in [2.45, 2.75) is 13.8 Å². The number of benzene rings is 1. The molecule has 0 bridgehead atoms. The highest BCUT2D eigenvalue weighted by molar-refractivity contribution is 6.28. The zero-order valence-corrected chi connectivity index (χ0v) is 12.1. The molecule has 1 aromatic heterocycles. The van der Waals surface area contributed by atoms with Crippen LogP contribution in [0, 0.1) is 13.8 Å². The molecule has 0 aliphatic carbocycles. The number of halogens is 1. The van der Waals surface area contributed by atoms with Crippen molar-refractivity contribution in [3.05, 3.63) is 46.4 Å². The predicted molar refractivity (Wildman–Crippen MR) is 78.5 cm³/mol. The van der Waals surface area contributed by atoms with Crippen LogP contribution in [0.1, 0.15) is 16.8 Å². The Morgan fingerprint density at radius 3 is 2.50 bits per heavy atom. The standard InChI is InChI=1S/C14H13ClN4O/c1-8-4-6-10(7-5-8)13-18-19(3)12-11(20-13)9(2)16-14(15)17-12/h4-7H,1-3H3. The maximum absolute atomic E-state index is 5.87. The summed E-state index contributed by atoms with van der Waals surface area (Å²) in [4.78, 5) is 8.26. The van der Waals surface area contributed by atoms with E-state index in [0.29, 0.717) is 23.2 Å². The Labute approximate surface area is 121 Å². The van der Waals surface area contributed by atoms with Crippen molar-refractivity contribution in [2.24, 2.45) is 5.10 Å². The normalized spacial score (nSPS) is 13.6. The lowest BCUT2D eigenvalue weighted by atomic mass is 10.1. The lowest BCUT2D eigenvalue weighted by Gasteiger charge is -2.24. The van der Waals surface area contributed by atoms with Gasteiger partial charge in [-0.1, -0.05) is 17.7 Å². The smallest absolute Gasteiger partial charge is 0.244 e. The summed E-state index contributed by atoms with van der Waals surface area (Å²) in [6.07, 6.45) is 0. The zero-order valence-electron chi connectivity index (χ0n) is 11.4. The summed E-state index contributed by atoms with van der Waals surface area (Å²) in [6.45, 7) is 3.87.